The van der Waals surface area contributed by atoms with Crippen molar-refractivity contribution in [3.8, 4) is 0 Å². The van der Waals surface area contributed by atoms with Gasteiger partial charge in [0.25, 0.3) is 0 Å². The third-order valence-corrected chi connectivity index (χ3v) is 3.58. The Labute approximate surface area is 142 Å². The van der Waals surface area contributed by atoms with Gasteiger partial charge in [-0.25, -0.2) is 0 Å². The first-order valence-electron chi connectivity index (χ1n) is 8.28. The number of hydrogen-bond donors (Lipinski definition) is 1. The number of carbonyl (C=O) groups is 1. The van der Waals surface area contributed by atoms with Crippen molar-refractivity contribution >= 4 is 17.3 Å². The van der Waals surface area contributed by atoms with Gasteiger partial charge < -0.3 is 10.2 Å². The first kappa shape index (κ1) is 20.3. The number of anilines is 2. The molecule has 24 heavy (non-hydrogen) atoms. The lowest BCUT2D eigenvalue weighted by Gasteiger charge is -2.28. The van der Waals surface area contributed by atoms with E-state index in [0.717, 1.165) is 38.1 Å². The van der Waals surface area contributed by atoms with Crippen molar-refractivity contribution in [1.82, 2.24) is 0 Å². The van der Waals surface area contributed by atoms with E-state index < -0.39 is 17.2 Å². The van der Waals surface area contributed by atoms with E-state index in [2.05, 4.69) is 5.32 Å². The van der Waals surface area contributed by atoms with Crippen LogP contribution >= 0.6 is 0 Å². The molecular weight excluding hydrogens is 317 g/mol. The SMILES string of the molecule is CCCN(CCC)c1ccc(C(F)(F)F)cc1NC(=O)C(C)(C)C. The van der Waals surface area contributed by atoms with Gasteiger partial charge in [0, 0.05) is 18.5 Å². The van der Waals surface area contributed by atoms with Gasteiger partial charge in [-0.05, 0) is 31.0 Å². The van der Waals surface area contributed by atoms with Crippen LogP contribution in [0.3, 0.4) is 0 Å². The van der Waals surface area contributed by atoms with Gasteiger partial charge in [0.2, 0.25) is 5.91 Å². The Morgan fingerprint density at radius 1 is 1.08 bits per heavy atom. The molecule has 0 atom stereocenters. The van der Waals surface area contributed by atoms with Crippen LogP contribution in [0, 0.1) is 5.41 Å². The number of rotatable bonds is 6. The highest BCUT2D eigenvalue weighted by atomic mass is 19.4. The lowest BCUT2D eigenvalue weighted by atomic mass is 9.95. The topological polar surface area (TPSA) is 32.3 Å². The maximum absolute atomic E-state index is 13.0. The molecule has 0 aliphatic rings. The second-order valence-electron chi connectivity index (χ2n) is 6.92. The number of benzene rings is 1. The van der Waals surface area contributed by atoms with E-state index in [1.54, 1.807) is 20.8 Å². The molecule has 0 saturated carbocycles. The van der Waals surface area contributed by atoms with Crippen LogP contribution in [0.25, 0.3) is 0 Å². The van der Waals surface area contributed by atoms with Crippen molar-refractivity contribution < 1.29 is 18.0 Å². The molecule has 0 fully saturated rings. The van der Waals surface area contributed by atoms with Crippen LogP contribution in [0.4, 0.5) is 24.5 Å². The zero-order valence-corrected chi connectivity index (χ0v) is 15.0. The van der Waals surface area contributed by atoms with E-state index in [4.69, 9.17) is 0 Å². The summed E-state index contributed by atoms with van der Waals surface area (Å²) >= 11 is 0. The smallest absolute Gasteiger partial charge is 0.370 e. The Morgan fingerprint density at radius 2 is 1.62 bits per heavy atom. The van der Waals surface area contributed by atoms with Crippen LogP contribution in [0.1, 0.15) is 53.0 Å². The monoisotopic (exact) mass is 344 g/mol. The number of amides is 1. The van der Waals surface area contributed by atoms with Crippen LogP contribution in [0.5, 0.6) is 0 Å². The quantitative estimate of drug-likeness (QED) is 0.758. The summed E-state index contributed by atoms with van der Waals surface area (Å²) in [5.74, 6) is -0.309. The lowest BCUT2D eigenvalue weighted by Crippen LogP contribution is -2.30. The molecule has 6 heteroatoms. The maximum atomic E-state index is 13.0. The Hall–Kier alpha value is -1.72. The molecule has 1 aromatic rings. The molecule has 3 nitrogen and oxygen atoms in total. The summed E-state index contributed by atoms with van der Waals surface area (Å²) in [5.41, 5.74) is -0.606. The van der Waals surface area contributed by atoms with Crippen LogP contribution in [-0.2, 0) is 11.0 Å². The van der Waals surface area contributed by atoms with E-state index in [9.17, 15) is 18.0 Å². The van der Waals surface area contributed by atoms with Crippen LogP contribution in [0.2, 0.25) is 0 Å². The number of nitrogens with one attached hydrogen (secondary N) is 1. The van der Waals surface area contributed by atoms with Gasteiger partial charge in [-0.15, -0.1) is 0 Å². The predicted octanol–water partition coefficient (Wildman–Crippen LogP) is 5.32. The Morgan fingerprint density at radius 3 is 2.04 bits per heavy atom. The number of hydrogen-bond acceptors (Lipinski definition) is 2. The summed E-state index contributed by atoms with van der Waals surface area (Å²) < 4.78 is 39.1. The molecule has 0 spiro atoms. The second kappa shape index (κ2) is 7.90. The fourth-order valence-corrected chi connectivity index (χ4v) is 2.29. The minimum atomic E-state index is -4.44. The van der Waals surface area contributed by atoms with Crippen molar-refractivity contribution in [3.05, 3.63) is 23.8 Å². The molecule has 0 unspecified atom stereocenters. The summed E-state index contributed by atoms with van der Waals surface area (Å²) in [5, 5.41) is 2.68. The van der Waals surface area contributed by atoms with Gasteiger partial charge >= 0.3 is 6.18 Å². The number of carbonyl (C=O) groups excluding carboxylic acids is 1. The number of halogens is 3. The number of nitrogens with zero attached hydrogens (tertiary/aromatic N) is 1. The van der Waals surface area contributed by atoms with E-state index in [-0.39, 0.29) is 11.6 Å². The van der Waals surface area contributed by atoms with Gasteiger partial charge in [0.15, 0.2) is 0 Å². The van der Waals surface area contributed by atoms with E-state index >= 15 is 0 Å². The zero-order valence-electron chi connectivity index (χ0n) is 15.0. The van der Waals surface area contributed by atoms with Crippen LogP contribution in [0.15, 0.2) is 18.2 Å². The molecule has 1 rings (SSSR count). The van der Waals surface area contributed by atoms with Crippen molar-refractivity contribution in [3.63, 3.8) is 0 Å². The summed E-state index contributed by atoms with van der Waals surface area (Å²) in [6, 6.07) is 3.55. The molecule has 0 aromatic heterocycles. The van der Waals surface area contributed by atoms with E-state index in [1.165, 1.54) is 6.07 Å². The average molecular weight is 344 g/mol. The molecule has 0 heterocycles. The lowest BCUT2D eigenvalue weighted by molar-refractivity contribution is -0.137. The molecule has 1 amide bonds. The molecule has 0 bridgehead atoms. The first-order chi connectivity index (χ1) is 11.0. The van der Waals surface area contributed by atoms with Crippen molar-refractivity contribution in [2.75, 3.05) is 23.3 Å². The minimum Gasteiger partial charge on any atom is -0.370 e. The third kappa shape index (κ3) is 5.42. The van der Waals surface area contributed by atoms with Gasteiger partial charge in [-0.2, -0.15) is 13.2 Å². The minimum absolute atomic E-state index is 0.214. The largest absolute Gasteiger partial charge is 0.416 e. The predicted molar refractivity (Wildman–Crippen MR) is 92.3 cm³/mol. The molecule has 1 N–H and O–H groups in total. The van der Waals surface area contributed by atoms with Crippen molar-refractivity contribution in [2.24, 2.45) is 5.41 Å². The normalized spacial score (nSPS) is 12.2. The summed E-state index contributed by atoms with van der Waals surface area (Å²) in [4.78, 5) is 14.3. The maximum Gasteiger partial charge on any atom is 0.416 e. The van der Waals surface area contributed by atoms with Gasteiger partial charge in [-0.3, -0.25) is 4.79 Å². The van der Waals surface area contributed by atoms with Gasteiger partial charge in [-0.1, -0.05) is 34.6 Å². The molecule has 136 valence electrons. The highest BCUT2D eigenvalue weighted by Gasteiger charge is 2.32. The summed E-state index contributed by atoms with van der Waals surface area (Å²) in [6.45, 7) is 10.7. The van der Waals surface area contributed by atoms with Crippen molar-refractivity contribution in [2.45, 2.75) is 53.6 Å². The standard InChI is InChI=1S/C18H27F3N2O/c1-6-10-23(11-7-2)15-9-8-13(18(19,20)21)12-14(15)22-16(24)17(3,4)5/h8-9,12H,6-7,10-11H2,1-5H3,(H,22,24). The molecule has 0 saturated heterocycles. The fraction of sp³-hybridized carbons (Fsp3) is 0.611. The number of alkyl halides is 3. The molecular formula is C18H27F3N2O. The van der Waals surface area contributed by atoms with Crippen LogP contribution < -0.4 is 10.2 Å². The van der Waals surface area contributed by atoms with Gasteiger partial charge in [0.05, 0.1) is 16.9 Å². The summed E-state index contributed by atoms with van der Waals surface area (Å²) in [7, 11) is 0. The Bertz CT molecular complexity index is 556. The van der Waals surface area contributed by atoms with E-state index in [0.29, 0.717) is 5.69 Å². The first-order valence-corrected chi connectivity index (χ1v) is 8.28. The van der Waals surface area contributed by atoms with Gasteiger partial charge in [0.1, 0.15) is 0 Å². The molecule has 0 radical (unpaired) electrons. The van der Waals surface area contributed by atoms with Crippen molar-refractivity contribution in [1.29, 1.82) is 0 Å². The highest BCUT2D eigenvalue weighted by Crippen LogP contribution is 2.36. The Balaban J connectivity index is 3.33. The third-order valence-electron chi connectivity index (χ3n) is 3.58. The molecule has 0 aliphatic carbocycles. The van der Waals surface area contributed by atoms with Crippen LogP contribution in [-0.4, -0.2) is 19.0 Å². The Kier molecular flexibility index (Phi) is 6.69. The molecule has 0 aliphatic heterocycles. The average Bonchev–Trinajstić information content (AvgIpc) is 2.45. The second-order valence-corrected chi connectivity index (χ2v) is 6.92. The fourth-order valence-electron chi connectivity index (χ4n) is 2.29. The molecule has 1 aromatic carbocycles. The summed E-state index contributed by atoms with van der Waals surface area (Å²) in [6.07, 6.45) is -2.71. The zero-order chi connectivity index (χ0) is 18.5. The highest BCUT2D eigenvalue weighted by molar-refractivity contribution is 5.97. The van der Waals surface area contributed by atoms with E-state index in [1.807, 2.05) is 18.7 Å².